The number of halogens is 2. The summed E-state index contributed by atoms with van der Waals surface area (Å²) in [5.41, 5.74) is 9.62. The highest BCUT2D eigenvalue weighted by molar-refractivity contribution is 5.83. The normalized spacial score (nSPS) is 16.5. The van der Waals surface area contributed by atoms with Gasteiger partial charge in [-0.2, -0.15) is 5.10 Å². The second-order valence-electron chi connectivity index (χ2n) is 9.61. The van der Waals surface area contributed by atoms with Crippen molar-refractivity contribution in [2.45, 2.75) is 53.4 Å². The zero-order valence-electron chi connectivity index (χ0n) is 21.9. The van der Waals surface area contributed by atoms with Gasteiger partial charge in [0.2, 0.25) is 0 Å². The van der Waals surface area contributed by atoms with E-state index in [2.05, 4.69) is 32.5 Å². The number of nitrogens with two attached hydrogens (primary N) is 1. The molecule has 0 radical (unpaired) electrons. The molecule has 6 heteroatoms. The molecular formula is C30H37F2N3O. The maximum absolute atomic E-state index is 15.6. The van der Waals surface area contributed by atoms with Crippen molar-refractivity contribution in [3.05, 3.63) is 95.4 Å². The van der Waals surface area contributed by atoms with Gasteiger partial charge in [-0.3, -0.25) is 0 Å². The van der Waals surface area contributed by atoms with Gasteiger partial charge in [0.15, 0.2) is 11.6 Å². The smallest absolute Gasteiger partial charge is 0.173 e. The predicted molar refractivity (Wildman–Crippen MR) is 144 cm³/mol. The Morgan fingerprint density at radius 3 is 2.44 bits per heavy atom. The summed E-state index contributed by atoms with van der Waals surface area (Å²) < 4.78 is 34.8. The Balaban J connectivity index is 1.69. The second kappa shape index (κ2) is 12.0. The van der Waals surface area contributed by atoms with Crippen LogP contribution >= 0.6 is 0 Å². The van der Waals surface area contributed by atoms with Crippen molar-refractivity contribution >= 4 is 11.4 Å². The molecular weight excluding hydrogens is 456 g/mol. The minimum atomic E-state index is -0.394. The first-order chi connectivity index (χ1) is 17.1. The lowest BCUT2D eigenvalue weighted by atomic mass is 9.87. The molecule has 0 bridgehead atoms. The molecule has 3 rings (SSSR count). The van der Waals surface area contributed by atoms with E-state index in [1.807, 2.05) is 32.0 Å². The molecule has 2 unspecified atom stereocenters. The van der Waals surface area contributed by atoms with Gasteiger partial charge in [0, 0.05) is 17.7 Å². The van der Waals surface area contributed by atoms with E-state index in [-0.39, 0.29) is 29.3 Å². The molecule has 0 aliphatic carbocycles. The molecule has 3 atom stereocenters. The summed E-state index contributed by atoms with van der Waals surface area (Å²) in [6.45, 7) is 14.6. The first kappa shape index (κ1) is 27.2. The minimum Gasteiger partial charge on any atom is -0.490 e. The monoisotopic (exact) mass is 493 g/mol. The van der Waals surface area contributed by atoms with Crippen LogP contribution in [0.3, 0.4) is 0 Å². The Morgan fingerprint density at radius 2 is 1.81 bits per heavy atom. The highest BCUT2D eigenvalue weighted by Crippen LogP contribution is 2.33. The summed E-state index contributed by atoms with van der Waals surface area (Å²) in [5, 5.41) is 6.04. The van der Waals surface area contributed by atoms with Crippen LogP contribution in [0.1, 0.15) is 63.1 Å². The van der Waals surface area contributed by atoms with Crippen molar-refractivity contribution in [1.29, 1.82) is 0 Å². The van der Waals surface area contributed by atoms with Crippen LogP contribution in [0.4, 0.5) is 8.78 Å². The van der Waals surface area contributed by atoms with Gasteiger partial charge in [0.1, 0.15) is 11.7 Å². The van der Waals surface area contributed by atoms with Gasteiger partial charge in [0.05, 0.1) is 12.3 Å². The molecule has 0 saturated carbocycles. The van der Waals surface area contributed by atoms with Crippen molar-refractivity contribution in [2.75, 3.05) is 6.61 Å². The third kappa shape index (κ3) is 6.42. The average molecular weight is 494 g/mol. The fourth-order valence-corrected chi connectivity index (χ4v) is 3.98. The van der Waals surface area contributed by atoms with E-state index in [0.717, 1.165) is 24.0 Å². The van der Waals surface area contributed by atoms with Crippen LogP contribution in [0.25, 0.3) is 5.57 Å². The highest BCUT2D eigenvalue weighted by Gasteiger charge is 2.20. The van der Waals surface area contributed by atoms with Crippen LogP contribution < -0.4 is 10.5 Å². The molecule has 1 heterocycles. The number of benzene rings is 2. The zero-order valence-corrected chi connectivity index (χ0v) is 21.9. The minimum absolute atomic E-state index is 0.159. The highest BCUT2D eigenvalue weighted by atomic mass is 19.1. The lowest BCUT2D eigenvalue weighted by Gasteiger charge is -2.23. The first-order valence-electron chi connectivity index (χ1n) is 12.5. The summed E-state index contributed by atoms with van der Waals surface area (Å²) in [4.78, 5) is 0. The zero-order chi connectivity index (χ0) is 26.4. The summed E-state index contributed by atoms with van der Waals surface area (Å²) in [6.07, 6.45) is 6.96. The quantitative estimate of drug-likeness (QED) is 0.275. The number of rotatable bonds is 10. The van der Waals surface area contributed by atoms with Crippen LogP contribution in [0.2, 0.25) is 0 Å². The molecule has 192 valence electrons. The number of allylic oxidation sites excluding steroid dienone is 3. The van der Waals surface area contributed by atoms with Gasteiger partial charge < -0.3 is 10.5 Å². The van der Waals surface area contributed by atoms with Crippen LogP contribution in [0.5, 0.6) is 5.75 Å². The summed E-state index contributed by atoms with van der Waals surface area (Å²) >= 11 is 0. The molecule has 1 aliphatic rings. The molecule has 0 spiro atoms. The van der Waals surface area contributed by atoms with Gasteiger partial charge in [-0.1, -0.05) is 58.5 Å². The van der Waals surface area contributed by atoms with Crippen molar-refractivity contribution in [2.24, 2.45) is 22.7 Å². The molecule has 0 amide bonds. The number of hydrazone groups is 1. The maximum Gasteiger partial charge on any atom is 0.173 e. The summed E-state index contributed by atoms with van der Waals surface area (Å²) in [6, 6.07) is 10.2. The molecule has 4 nitrogen and oxygen atoms in total. The fraction of sp³-hybridized carbons (Fsp3) is 0.367. The Morgan fingerprint density at radius 1 is 1.11 bits per heavy atom. The molecule has 0 aromatic heterocycles. The third-order valence-corrected chi connectivity index (χ3v) is 7.03. The van der Waals surface area contributed by atoms with Crippen molar-refractivity contribution in [1.82, 2.24) is 5.01 Å². The van der Waals surface area contributed by atoms with Gasteiger partial charge in [-0.25, -0.2) is 13.8 Å². The van der Waals surface area contributed by atoms with E-state index >= 15 is 4.39 Å². The predicted octanol–water partition coefficient (Wildman–Crippen LogP) is 7.53. The van der Waals surface area contributed by atoms with E-state index in [4.69, 9.17) is 10.5 Å². The van der Waals surface area contributed by atoms with E-state index < -0.39 is 5.82 Å². The lowest BCUT2D eigenvalue weighted by Crippen LogP contribution is -2.25. The van der Waals surface area contributed by atoms with Gasteiger partial charge in [0.25, 0.3) is 0 Å². The van der Waals surface area contributed by atoms with E-state index in [1.165, 1.54) is 12.1 Å². The van der Waals surface area contributed by atoms with Crippen molar-refractivity contribution < 1.29 is 13.5 Å². The molecule has 2 aromatic carbocycles. The van der Waals surface area contributed by atoms with Crippen LogP contribution in [0, 0.1) is 30.4 Å². The Hall–Kier alpha value is -3.41. The Bertz CT molecular complexity index is 1170. The summed E-state index contributed by atoms with van der Waals surface area (Å²) in [5.74, 6) is 0.825. The van der Waals surface area contributed by atoms with Crippen LogP contribution in [0.15, 0.2) is 72.1 Å². The van der Waals surface area contributed by atoms with Crippen molar-refractivity contribution in [3.8, 4) is 5.75 Å². The number of ether oxygens (including phenoxy) is 1. The molecule has 36 heavy (non-hydrogen) atoms. The van der Waals surface area contributed by atoms with E-state index in [9.17, 15) is 4.39 Å². The van der Waals surface area contributed by atoms with Gasteiger partial charge >= 0.3 is 0 Å². The number of hydrogen-bond acceptors (Lipinski definition) is 3. The number of hydrogen-bond donors (Lipinski definition) is 1. The van der Waals surface area contributed by atoms with Gasteiger partial charge in [-0.15, -0.1) is 0 Å². The number of amidine groups is 1. The van der Waals surface area contributed by atoms with Gasteiger partial charge in [-0.05, 0) is 72.6 Å². The molecule has 1 aliphatic heterocycles. The standard InChI is InChI=1S/C30H37F2N3O/c1-7-19(2)30(33)34-35-16-14-25(18-22(35)5)27-13-8-21(4)29(28(27)32)36-17-15-20(3)23(6)24-9-11-26(31)12-10-24/h8-14,16,18-20,23H,5,7,15,17H2,1-4,6H3,(H2,33,34)/t19?,20-,23?/m0/s1. The topological polar surface area (TPSA) is 50.8 Å². The van der Waals surface area contributed by atoms with E-state index in [1.54, 1.807) is 29.4 Å². The largest absolute Gasteiger partial charge is 0.490 e. The second-order valence-corrected chi connectivity index (χ2v) is 9.61. The Kier molecular flexibility index (Phi) is 9.08. The third-order valence-electron chi connectivity index (χ3n) is 7.03. The Labute approximate surface area is 213 Å². The SMILES string of the molecule is C=C1C=C(c2ccc(C)c(OCC[C@H](C)C(C)c3ccc(F)cc3)c2F)C=CN1/N=C(/N)C(C)CC. The summed E-state index contributed by atoms with van der Waals surface area (Å²) in [7, 11) is 0. The molecule has 2 N–H and O–H groups in total. The fourth-order valence-electron chi connectivity index (χ4n) is 3.98. The van der Waals surface area contributed by atoms with Crippen LogP contribution in [-0.2, 0) is 0 Å². The molecule has 0 saturated heterocycles. The lowest BCUT2D eigenvalue weighted by molar-refractivity contribution is 0.260. The molecule has 2 aromatic rings. The maximum atomic E-state index is 15.6. The number of aryl methyl sites for hydroxylation is 1. The first-order valence-corrected chi connectivity index (χ1v) is 12.5. The van der Waals surface area contributed by atoms with E-state index in [0.29, 0.717) is 29.3 Å². The number of nitrogens with zero attached hydrogens (tertiary/aromatic N) is 2. The average Bonchev–Trinajstić information content (AvgIpc) is 2.86. The molecule has 0 fully saturated rings. The van der Waals surface area contributed by atoms with Crippen molar-refractivity contribution in [3.63, 3.8) is 0 Å². The van der Waals surface area contributed by atoms with Crippen LogP contribution in [-0.4, -0.2) is 17.5 Å².